The summed E-state index contributed by atoms with van der Waals surface area (Å²) in [6.45, 7) is 0.597. The third-order valence-corrected chi connectivity index (χ3v) is 1.43. The summed E-state index contributed by atoms with van der Waals surface area (Å²) in [5.74, 6) is 0.00202. The molecule has 0 aliphatic heterocycles. The lowest BCUT2D eigenvalue weighted by Gasteiger charge is -2.02. The van der Waals surface area contributed by atoms with Crippen molar-refractivity contribution in [2.45, 2.75) is 0 Å². The Labute approximate surface area is 72.1 Å². The first-order valence-electron chi connectivity index (χ1n) is 3.75. The van der Waals surface area contributed by atoms with E-state index in [-0.39, 0.29) is 5.96 Å². The number of hydrogen-bond acceptors (Lipinski definition) is 1. The van der Waals surface area contributed by atoms with Crippen LogP contribution in [-0.4, -0.2) is 12.5 Å². The second-order valence-corrected chi connectivity index (χ2v) is 2.41. The van der Waals surface area contributed by atoms with Crippen LogP contribution in [0.5, 0.6) is 0 Å². The van der Waals surface area contributed by atoms with E-state index in [2.05, 4.69) is 5.32 Å². The van der Waals surface area contributed by atoms with Gasteiger partial charge >= 0.3 is 0 Å². The molecule has 0 fully saturated rings. The molecule has 63 valence electrons. The summed E-state index contributed by atoms with van der Waals surface area (Å²) >= 11 is 0. The number of rotatable bonds is 3. The zero-order valence-corrected chi connectivity index (χ0v) is 6.75. The summed E-state index contributed by atoms with van der Waals surface area (Å²) in [6.07, 6.45) is 1.97. The van der Waals surface area contributed by atoms with Crippen LogP contribution in [0.25, 0.3) is 0 Å². The number of nitrogens with two attached hydrogens (primary N) is 1. The Balaban J connectivity index is 2.29. The average Bonchev–Trinajstić information content (AvgIpc) is 2.05. The molecule has 0 spiro atoms. The lowest BCUT2D eigenvalue weighted by molar-refractivity contribution is 0.969. The van der Waals surface area contributed by atoms with E-state index in [9.17, 15) is 0 Å². The van der Waals surface area contributed by atoms with E-state index in [0.29, 0.717) is 6.54 Å². The minimum Gasteiger partial charge on any atom is -0.370 e. The van der Waals surface area contributed by atoms with Crippen LogP contribution >= 0.6 is 0 Å². The van der Waals surface area contributed by atoms with E-state index in [1.165, 1.54) is 0 Å². The minimum atomic E-state index is 0.00202. The third-order valence-electron chi connectivity index (χ3n) is 1.43. The van der Waals surface area contributed by atoms with Gasteiger partial charge in [-0.2, -0.15) is 0 Å². The Kier molecular flexibility index (Phi) is 3.14. The molecule has 4 N–H and O–H groups in total. The normalized spacial score (nSPS) is 9.33. The van der Waals surface area contributed by atoms with Gasteiger partial charge in [-0.1, -0.05) is 30.3 Å². The van der Waals surface area contributed by atoms with Crippen molar-refractivity contribution in [3.8, 4) is 0 Å². The number of benzene rings is 1. The molecule has 1 rings (SSSR count). The van der Waals surface area contributed by atoms with Gasteiger partial charge in [-0.3, -0.25) is 5.41 Å². The van der Waals surface area contributed by atoms with Gasteiger partial charge in [0.1, 0.15) is 0 Å². The van der Waals surface area contributed by atoms with Gasteiger partial charge in [0.25, 0.3) is 0 Å². The fraction of sp³-hybridized carbons (Fsp3) is 0.111. The molecule has 12 heavy (non-hydrogen) atoms. The van der Waals surface area contributed by atoms with Gasteiger partial charge in [0.05, 0.1) is 0 Å². The molecule has 3 heteroatoms. The number of hydrogen-bond donors (Lipinski definition) is 3. The van der Waals surface area contributed by atoms with Crippen LogP contribution in [0.4, 0.5) is 0 Å². The van der Waals surface area contributed by atoms with Crippen LogP contribution < -0.4 is 11.1 Å². The molecule has 1 aromatic carbocycles. The van der Waals surface area contributed by atoms with E-state index in [1.807, 2.05) is 36.8 Å². The molecule has 0 aromatic heterocycles. The van der Waals surface area contributed by atoms with Crippen molar-refractivity contribution in [3.05, 3.63) is 42.3 Å². The van der Waals surface area contributed by atoms with Crippen molar-refractivity contribution in [2.75, 3.05) is 6.54 Å². The van der Waals surface area contributed by atoms with E-state index >= 15 is 0 Å². The SMILES string of the molecule is N=C(N)NC[CH]c1ccccc1. The Morgan fingerprint density at radius 2 is 2.08 bits per heavy atom. The number of guanidine groups is 1. The van der Waals surface area contributed by atoms with Crippen LogP contribution in [0.1, 0.15) is 5.56 Å². The van der Waals surface area contributed by atoms with Crippen molar-refractivity contribution >= 4 is 5.96 Å². The first kappa shape index (κ1) is 8.59. The highest BCUT2D eigenvalue weighted by atomic mass is 15.0. The van der Waals surface area contributed by atoms with E-state index in [1.54, 1.807) is 0 Å². The van der Waals surface area contributed by atoms with Crippen molar-refractivity contribution in [3.63, 3.8) is 0 Å². The summed E-state index contributed by atoms with van der Waals surface area (Å²) in [7, 11) is 0. The fourth-order valence-corrected chi connectivity index (χ4v) is 0.868. The standard InChI is InChI=1S/C9H12N3/c10-9(11)12-7-6-8-4-2-1-3-5-8/h1-6H,7H2,(H4,10,11,12). The Hall–Kier alpha value is -1.51. The van der Waals surface area contributed by atoms with Gasteiger partial charge in [-0.25, -0.2) is 0 Å². The summed E-state index contributed by atoms with van der Waals surface area (Å²) in [5.41, 5.74) is 6.24. The largest absolute Gasteiger partial charge is 0.370 e. The van der Waals surface area contributed by atoms with Crippen molar-refractivity contribution in [2.24, 2.45) is 5.73 Å². The van der Waals surface area contributed by atoms with Crippen molar-refractivity contribution < 1.29 is 0 Å². The predicted molar refractivity (Wildman–Crippen MR) is 49.8 cm³/mol. The minimum absolute atomic E-state index is 0.00202. The zero-order chi connectivity index (χ0) is 8.81. The lowest BCUT2D eigenvalue weighted by atomic mass is 10.1. The van der Waals surface area contributed by atoms with Gasteiger partial charge < -0.3 is 11.1 Å². The number of nitrogens with one attached hydrogen (secondary N) is 2. The maximum Gasteiger partial charge on any atom is 0.185 e. The van der Waals surface area contributed by atoms with Crippen molar-refractivity contribution in [1.29, 1.82) is 5.41 Å². The van der Waals surface area contributed by atoms with Crippen molar-refractivity contribution in [1.82, 2.24) is 5.32 Å². The Morgan fingerprint density at radius 3 is 2.67 bits per heavy atom. The highest BCUT2D eigenvalue weighted by Gasteiger charge is 1.91. The molecule has 0 aliphatic rings. The van der Waals surface area contributed by atoms with E-state index in [0.717, 1.165) is 5.56 Å². The summed E-state index contributed by atoms with van der Waals surface area (Å²) in [5, 5.41) is 9.61. The quantitative estimate of drug-likeness (QED) is 0.453. The summed E-state index contributed by atoms with van der Waals surface area (Å²) in [4.78, 5) is 0. The molecule has 3 nitrogen and oxygen atoms in total. The van der Waals surface area contributed by atoms with Crippen LogP contribution in [0, 0.1) is 11.8 Å². The van der Waals surface area contributed by atoms with Crippen LogP contribution in [0.15, 0.2) is 30.3 Å². The molecule has 0 saturated heterocycles. The van der Waals surface area contributed by atoms with Gasteiger partial charge in [0, 0.05) is 13.0 Å². The Bertz CT molecular complexity index is 243. The maximum atomic E-state index is 6.91. The molecule has 1 radical (unpaired) electrons. The molecule has 1 aromatic rings. The summed E-state index contributed by atoms with van der Waals surface area (Å²) in [6, 6.07) is 9.92. The monoisotopic (exact) mass is 162 g/mol. The molecule has 0 bridgehead atoms. The zero-order valence-electron chi connectivity index (χ0n) is 6.75. The third kappa shape index (κ3) is 3.05. The van der Waals surface area contributed by atoms with Gasteiger partial charge in [0.2, 0.25) is 0 Å². The summed E-state index contributed by atoms with van der Waals surface area (Å²) < 4.78 is 0. The Morgan fingerprint density at radius 1 is 1.42 bits per heavy atom. The fourth-order valence-electron chi connectivity index (χ4n) is 0.868. The maximum absolute atomic E-state index is 6.91. The van der Waals surface area contributed by atoms with Crippen LogP contribution in [0.2, 0.25) is 0 Å². The van der Waals surface area contributed by atoms with Gasteiger partial charge in [-0.15, -0.1) is 0 Å². The predicted octanol–water partition coefficient (Wildman–Crippen LogP) is 0.722. The molecular formula is C9H12N3. The lowest BCUT2D eigenvalue weighted by Crippen LogP contribution is -2.31. The highest BCUT2D eigenvalue weighted by molar-refractivity contribution is 5.74. The molecule has 0 unspecified atom stereocenters. The molecule has 0 aliphatic carbocycles. The van der Waals surface area contributed by atoms with E-state index < -0.39 is 0 Å². The molecule has 0 saturated carbocycles. The second-order valence-electron chi connectivity index (χ2n) is 2.41. The highest BCUT2D eigenvalue weighted by Crippen LogP contribution is 1.99. The molecule has 0 amide bonds. The molecular weight excluding hydrogens is 150 g/mol. The molecule has 0 atom stereocenters. The second kappa shape index (κ2) is 4.38. The van der Waals surface area contributed by atoms with E-state index in [4.69, 9.17) is 11.1 Å². The van der Waals surface area contributed by atoms with Crippen LogP contribution in [0.3, 0.4) is 0 Å². The smallest absolute Gasteiger partial charge is 0.185 e. The topological polar surface area (TPSA) is 61.9 Å². The van der Waals surface area contributed by atoms with Gasteiger partial charge in [-0.05, 0) is 5.56 Å². The van der Waals surface area contributed by atoms with Gasteiger partial charge in [0.15, 0.2) is 5.96 Å². The first-order chi connectivity index (χ1) is 5.79. The average molecular weight is 162 g/mol. The first-order valence-corrected chi connectivity index (χ1v) is 3.75. The molecule has 0 heterocycles. The van der Waals surface area contributed by atoms with Crippen LogP contribution in [-0.2, 0) is 0 Å².